The number of amides is 1. The molecule has 104 valence electrons. The van der Waals surface area contributed by atoms with Gasteiger partial charge in [-0.15, -0.1) is 22.7 Å². The highest BCUT2D eigenvalue weighted by Crippen LogP contribution is 2.16. The second kappa shape index (κ2) is 6.44. The van der Waals surface area contributed by atoms with Crippen LogP contribution in [-0.2, 0) is 11.2 Å². The Labute approximate surface area is 123 Å². The van der Waals surface area contributed by atoms with Crippen LogP contribution in [0.25, 0.3) is 0 Å². The lowest BCUT2D eigenvalue weighted by Crippen LogP contribution is -2.21. The summed E-state index contributed by atoms with van der Waals surface area (Å²) in [7, 11) is 0. The fourth-order valence-corrected chi connectivity index (χ4v) is 2.94. The predicted molar refractivity (Wildman–Crippen MR) is 77.0 cm³/mol. The summed E-state index contributed by atoms with van der Waals surface area (Å²) in [5, 5.41) is 16.5. The van der Waals surface area contributed by atoms with Gasteiger partial charge in [-0.1, -0.05) is 6.07 Å². The molecule has 2 heterocycles. The molecular formula is C13H11N2O3S2-. The first-order valence-electron chi connectivity index (χ1n) is 5.73. The number of nitrogens with one attached hydrogen (secondary N) is 1. The number of hydrazone groups is 1. The number of rotatable bonds is 5. The van der Waals surface area contributed by atoms with E-state index in [1.807, 2.05) is 17.5 Å². The van der Waals surface area contributed by atoms with Crippen molar-refractivity contribution in [3.63, 3.8) is 0 Å². The number of hydrogen-bond acceptors (Lipinski definition) is 6. The minimum Gasteiger partial charge on any atom is -0.544 e. The minimum absolute atomic E-state index is 0.138. The first kappa shape index (κ1) is 14.4. The van der Waals surface area contributed by atoms with Gasteiger partial charge in [0.1, 0.15) is 0 Å². The number of carbonyl (C=O) groups excluding carboxylic acids is 2. The number of carbonyl (C=O) groups is 2. The fraction of sp³-hybridized carbons (Fsp3) is 0.154. The van der Waals surface area contributed by atoms with Crippen LogP contribution >= 0.6 is 22.7 Å². The first-order valence-corrected chi connectivity index (χ1v) is 7.43. The van der Waals surface area contributed by atoms with Crippen molar-refractivity contribution in [1.29, 1.82) is 0 Å². The Hall–Kier alpha value is -1.99. The molecule has 1 N–H and O–H groups in total. The molecule has 7 heteroatoms. The number of hydrogen-bond donors (Lipinski definition) is 1. The number of thiophene rings is 2. The van der Waals surface area contributed by atoms with E-state index in [-0.39, 0.29) is 17.2 Å². The second-order valence-corrected chi connectivity index (χ2v) is 6.06. The Morgan fingerprint density at radius 1 is 1.30 bits per heavy atom. The number of aromatic carboxylic acids is 1. The largest absolute Gasteiger partial charge is 0.544 e. The normalized spacial score (nSPS) is 11.3. The Kier molecular flexibility index (Phi) is 4.65. The van der Waals surface area contributed by atoms with Crippen LogP contribution < -0.4 is 10.5 Å². The number of carboxylic acids is 1. The molecule has 0 radical (unpaired) electrons. The molecule has 2 aromatic rings. The molecule has 1 amide bonds. The van der Waals surface area contributed by atoms with E-state index < -0.39 is 5.97 Å². The van der Waals surface area contributed by atoms with E-state index in [0.717, 1.165) is 16.2 Å². The molecule has 20 heavy (non-hydrogen) atoms. The monoisotopic (exact) mass is 307 g/mol. The van der Waals surface area contributed by atoms with Gasteiger partial charge in [0, 0.05) is 4.88 Å². The zero-order valence-corrected chi connectivity index (χ0v) is 12.2. The van der Waals surface area contributed by atoms with Gasteiger partial charge in [-0.05, 0) is 30.5 Å². The molecule has 0 saturated carbocycles. The molecule has 0 aromatic carbocycles. The molecule has 0 spiro atoms. The molecule has 0 aliphatic heterocycles. The fourth-order valence-electron chi connectivity index (χ4n) is 1.45. The smallest absolute Gasteiger partial charge is 0.245 e. The summed E-state index contributed by atoms with van der Waals surface area (Å²) in [5.74, 6) is -1.42. The van der Waals surface area contributed by atoms with E-state index in [0.29, 0.717) is 10.6 Å². The van der Waals surface area contributed by atoms with Gasteiger partial charge in [0.2, 0.25) is 5.91 Å². The summed E-state index contributed by atoms with van der Waals surface area (Å²) >= 11 is 2.57. The van der Waals surface area contributed by atoms with E-state index in [2.05, 4.69) is 10.5 Å². The van der Waals surface area contributed by atoms with Gasteiger partial charge in [0.25, 0.3) is 0 Å². The molecule has 0 saturated heterocycles. The molecule has 5 nitrogen and oxygen atoms in total. The van der Waals surface area contributed by atoms with Gasteiger partial charge in [-0.2, -0.15) is 5.10 Å². The van der Waals surface area contributed by atoms with Crippen LogP contribution in [0.4, 0.5) is 0 Å². The lowest BCUT2D eigenvalue weighted by atomic mass is 10.3. The van der Waals surface area contributed by atoms with Gasteiger partial charge < -0.3 is 9.90 Å². The predicted octanol–water partition coefficient (Wildman–Crippen LogP) is 1.26. The zero-order valence-electron chi connectivity index (χ0n) is 10.6. The van der Waals surface area contributed by atoms with Crippen LogP contribution in [0.2, 0.25) is 0 Å². The topological polar surface area (TPSA) is 81.6 Å². The summed E-state index contributed by atoms with van der Waals surface area (Å²) in [6.07, 6.45) is 0.281. The van der Waals surface area contributed by atoms with Gasteiger partial charge in [-0.3, -0.25) is 4.79 Å². The van der Waals surface area contributed by atoms with E-state index >= 15 is 0 Å². The van der Waals surface area contributed by atoms with Gasteiger partial charge in [0.05, 0.1) is 27.9 Å². The van der Waals surface area contributed by atoms with Crippen LogP contribution in [-0.4, -0.2) is 17.6 Å². The molecule has 2 rings (SSSR count). The Morgan fingerprint density at radius 2 is 2.05 bits per heavy atom. The molecule has 0 fully saturated rings. The van der Waals surface area contributed by atoms with Crippen molar-refractivity contribution in [2.45, 2.75) is 13.3 Å². The molecule has 0 atom stereocenters. The highest BCUT2D eigenvalue weighted by atomic mass is 32.1. The van der Waals surface area contributed by atoms with Crippen LogP contribution in [0.1, 0.15) is 26.3 Å². The van der Waals surface area contributed by atoms with Gasteiger partial charge in [0.15, 0.2) is 0 Å². The van der Waals surface area contributed by atoms with Crippen LogP contribution in [0.3, 0.4) is 0 Å². The molecule has 0 bridgehead atoms. The maximum atomic E-state index is 11.6. The van der Waals surface area contributed by atoms with Crippen molar-refractivity contribution < 1.29 is 14.7 Å². The third kappa shape index (κ3) is 3.75. The summed E-state index contributed by atoms with van der Waals surface area (Å²) in [6.45, 7) is 1.70. The molecule has 2 aromatic heterocycles. The minimum atomic E-state index is -1.21. The van der Waals surface area contributed by atoms with E-state index in [9.17, 15) is 14.7 Å². The van der Waals surface area contributed by atoms with Crippen molar-refractivity contribution in [1.82, 2.24) is 5.43 Å². The average molecular weight is 307 g/mol. The highest BCUT2D eigenvalue weighted by Gasteiger charge is 2.06. The zero-order chi connectivity index (χ0) is 14.5. The van der Waals surface area contributed by atoms with E-state index in [4.69, 9.17) is 0 Å². The van der Waals surface area contributed by atoms with Gasteiger partial charge in [-0.25, -0.2) is 5.43 Å². The summed E-state index contributed by atoms with van der Waals surface area (Å²) in [6, 6.07) is 6.86. The van der Waals surface area contributed by atoms with E-state index in [1.54, 1.807) is 13.0 Å². The Bertz CT molecular complexity index is 644. The van der Waals surface area contributed by atoms with Crippen molar-refractivity contribution >= 4 is 40.3 Å². The van der Waals surface area contributed by atoms with E-state index in [1.165, 1.54) is 17.4 Å². The number of carboxylic acid groups (broad SMARTS) is 1. The Balaban J connectivity index is 1.96. The van der Waals surface area contributed by atoms with Crippen molar-refractivity contribution in [3.8, 4) is 0 Å². The maximum Gasteiger partial charge on any atom is 0.245 e. The highest BCUT2D eigenvalue weighted by molar-refractivity contribution is 7.15. The third-order valence-electron chi connectivity index (χ3n) is 2.43. The van der Waals surface area contributed by atoms with Gasteiger partial charge >= 0.3 is 0 Å². The molecular weight excluding hydrogens is 296 g/mol. The molecule has 0 aliphatic rings. The lowest BCUT2D eigenvalue weighted by molar-refractivity contribution is -0.254. The van der Waals surface area contributed by atoms with Crippen molar-refractivity contribution in [2.75, 3.05) is 0 Å². The standard InChI is InChI=1S/C13H12N2O3S2/c1-8(10-4-5-11(20-10)13(17)18)14-15-12(16)7-9-3-2-6-19-9/h2-6H,7H2,1H3,(H,15,16)(H,17,18)/p-1/b14-8-. The van der Waals surface area contributed by atoms with Crippen LogP contribution in [0.5, 0.6) is 0 Å². The quantitative estimate of drug-likeness (QED) is 0.667. The first-order chi connectivity index (χ1) is 9.56. The number of nitrogens with zero attached hydrogens (tertiary/aromatic N) is 1. The Morgan fingerprint density at radius 3 is 2.65 bits per heavy atom. The third-order valence-corrected chi connectivity index (χ3v) is 4.48. The second-order valence-electron chi connectivity index (χ2n) is 3.94. The lowest BCUT2D eigenvalue weighted by Gasteiger charge is -2.00. The van der Waals surface area contributed by atoms with Crippen molar-refractivity contribution in [2.24, 2.45) is 5.10 Å². The van der Waals surface area contributed by atoms with Crippen molar-refractivity contribution in [3.05, 3.63) is 44.3 Å². The molecule has 0 aliphatic carbocycles. The maximum absolute atomic E-state index is 11.6. The summed E-state index contributed by atoms with van der Waals surface area (Å²) < 4.78 is 0. The average Bonchev–Trinajstić information content (AvgIpc) is 3.06. The molecule has 0 unspecified atom stereocenters. The van der Waals surface area contributed by atoms with Crippen LogP contribution in [0, 0.1) is 0 Å². The summed E-state index contributed by atoms with van der Waals surface area (Å²) in [4.78, 5) is 24.1. The summed E-state index contributed by atoms with van der Waals surface area (Å²) in [5.41, 5.74) is 3.01. The van der Waals surface area contributed by atoms with Crippen LogP contribution in [0.15, 0.2) is 34.7 Å². The SMILES string of the molecule is C/C(=N/NC(=O)Cc1cccs1)c1ccc(C(=O)[O-])s1.